The predicted octanol–water partition coefficient (Wildman–Crippen LogP) is 1.71. The fourth-order valence-corrected chi connectivity index (χ4v) is 5.23. The van der Waals surface area contributed by atoms with Gasteiger partial charge in [0.1, 0.15) is 5.78 Å². The summed E-state index contributed by atoms with van der Waals surface area (Å²) in [5.74, 6) is -0.190. The first-order valence-electron chi connectivity index (χ1n) is 12.2. The zero-order valence-electron chi connectivity index (χ0n) is 19.5. The summed E-state index contributed by atoms with van der Waals surface area (Å²) in [5.41, 5.74) is 3.31. The zero-order chi connectivity index (χ0) is 23.2. The van der Waals surface area contributed by atoms with Crippen LogP contribution in [0.4, 0.5) is 0 Å². The molecule has 0 spiro atoms. The average molecular weight is 452 g/mol. The number of piperazine rings is 1. The molecule has 2 aromatic rings. The van der Waals surface area contributed by atoms with Crippen LogP contribution >= 0.6 is 0 Å². The maximum absolute atomic E-state index is 13.3. The first-order chi connectivity index (χ1) is 16.0. The summed E-state index contributed by atoms with van der Waals surface area (Å²) in [6.45, 7) is 5.71. The Morgan fingerprint density at radius 1 is 1.18 bits per heavy atom. The molecule has 4 rings (SSSR count). The van der Waals surface area contributed by atoms with Gasteiger partial charge in [-0.15, -0.1) is 0 Å². The highest BCUT2D eigenvalue weighted by atomic mass is 16.3. The third-order valence-electron chi connectivity index (χ3n) is 7.12. The van der Waals surface area contributed by atoms with Gasteiger partial charge in [-0.25, -0.2) is 0 Å². The van der Waals surface area contributed by atoms with Crippen molar-refractivity contribution in [1.82, 2.24) is 15.5 Å². The van der Waals surface area contributed by atoms with Crippen LogP contribution in [0.1, 0.15) is 36.1 Å². The van der Waals surface area contributed by atoms with Gasteiger partial charge in [0.15, 0.2) is 0 Å². The van der Waals surface area contributed by atoms with E-state index in [-0.39, 0.29) is 24.3 Å². The number of nitrogens with one attached hydrogen (secondary N) is 2. The number of carbonyl (C=O) groups excluding carboxylic acids is 1. The summed E-state index contributed by atoms with van der Waals surface area (Å²) in [4.78, 5) is 15.6. The van der Waals surface area contributed by atoms with Crippen LogP contribution in [-0.2, 0) is 17.6 Å². The molecule has 5 atom stereocenters. The van der Waals surface area contributed by atoms with E-state index in [2.05, 4.69) is 22.5 Å². The molecule has 0 radical (unpaired) electrons. The molecule has 6 heteroatoms. The molecule has 178 valence electrons. The van der Waals surface area contributed by atoms with E-state index in [9.17, 15) is 15.0 Å². The minimum Gasteiger partial charge on any atom is -0.392 e. The van der Waals surface area contributed by atoms with Gasteiger partial charge in [0.2, 0.25) is 0 Å². The number of hydrogen-bond acceptors (Lipinski definition) is 6. The number of benzene rings is 2. The highest BCUT2D eigenvalue weighted by Gasteiger charge is 2.32. The largest absolute Gasteiger partial charge is 0.392 e. The molecule has 1 fully saturated rings. The quantitative estimate of drug-likeness (QED) is 0.440. The second-order valence-electron chi connectivity index (χ2n) is 9.62. The van der Waals surface area contributed by atoms with Crippen LogP contribution in [0, 0.1) is 5.92 Å². The molecule has 1 heterocycles. The molecule has 2 aromatic carbocycles. The smallest absolute Gasteiger partial charge is 0.150 e. The van der Waals surface area contributed by atoms with Crippen LogP contribution in [0.25, 0.3) is 0 Å². The highest BCUT2D eigenvalue weighted by Crippen LogP contribution is 2.31. The van der Waals surface area contributed by atoms with Gasteiger partial charge in [0.05, 0.1) is 24.8 Å². The molecule has 0 saturated carbocycles. The minimum absolute atomic E-state index is 0.0860. The van der Waals surface area contributed by atoms with Crippen molar-refractivity contribution in [2.45, 2.75) is 50.5 Å². The Kier molecular flexibility index (Phi) is 8.28. The van der Waals surface area contributed by atoms with E-state index in [1.807, 2.05) is 54.6 Å². The second-order valence-corrected chi connectivity index (χ2v) is 9.62. The maximum atomic E-state index is 13.3. The number of fused-ring (bicyclic) bond motifs is 1. The predicted molar refractivity (Wildman–Crippen MR) is 130 cm³/mol. The summed E-state index contributed by atoms with van der Waals surface area (Å²) in [6.07, 6.45) is 0.579. The van der Waals surface area contributed by atoms with Crippen LogP contribution in [0.3, 0.4) is 0 Å². The van der Waals surface area contributed by atoms with E-state index in [0.717, 1.165) is 36.3 Å². The van der Waals surface area contributed by atoms with Crippen LogP contribution in [-0.4, -0.2) is 71.9 Å². The average Bonchev–Trinajstić information content (AvgIpc) is 3.14. The first-order valence-corrected chi connectivity index (χ1v) is 12.2. The van der Waals surface area contributed by atoms with Gasteiger partial charge < -0.3 is 20.8 Å². The van der Waals surface area contributed by atoms with Gasteiger partial charge in [0.25, 0.3) is 0 Å². The molecule has 1 unspecified atom stereocenters. The Morgan fingerprint density at radius 3 is 2.73 bits per heavy atom. The molecule has 2 aliphatic rings. The monoisotopic (exact) mass is 451 g/mol. The fourth-order valence-electron chi connectivity index (χ4n) is 5.23. The molecule has 0 bridgehead atoms. The molecule has 4 N–H and O–H groups in total. The number of β-amino-alcohol motifs (C(OH)–C–C–N with tert-alkyl or cyclic N) is 1. The Morgan fingerprint density at radius 2 is 1.94 bits per heavy atom. The lowest BCUT2D eigenvalue weighted by molar-refractivity contribution is -0.123. The molecule has 0 aromatic heterocycles. The fraction of sp³-hybridized carbons (Fsp3) is 0.519. The normalized spacial score (nSPS) is 24.9. The number of aliphatic hydroxyl groups is 2. The van der Waals surface area contributed by atoms with Crippen molar-refractivity contribution in [3.05, 3.63) is 71.3 Å². The number of hydrogen-bond donors (Lipinski definition) is 4. The van der Waals surface area contributed by atoms with Crippen molar-refractivity contribution in [1.29, 1.82) is 0 Å². The highest BCUT2D eigenvalue weighted by molar-refractivity contribution is 5.83. The van der Waals surface area contributed by atoms with Crippen molar-refractivity contribution in [3.63, 3.8) is 0 Å². The van der Waals surface area contributed by atoms with Crippen molar-refractivity contribution >= 4 is 5.78 Å². The van der Waals surface area contributed by atoms with Gasteiger partial charge in [-0.2, -0.15) is 0 Å². The lowest BCUT2D eigenvalue weighted by atomic mass is 9.89. The minimum atomic E-state index is -0.555. The number of aliphatic hydroxyl groups excluding tert-OH is 2. The molecule has 1 aliphatic carbocycles. The standard InChI is InChI=1S/C27H37N3O3/c1-19-16-28-11-12-30(19)18-23(31)14-22(13-20-7-3-2-4-8-20)26(33)17-29-27-24-10-6-5-9-21(24)15-25(27)32/h2-10,19,22-23,25,27-29,31-32H,11-18H2,1H3/t19-,22?,23+,25-,27+/m1/s1. The van der Waals surface area contributed by atoms with Crippen LogP contribution < -0.4 is 10.6 Å². The first kappa shape index (κ1) is 24.0. The molecule has 1 aliphatic heterocycles. The van der Waals surface area contributed by atoms with Crippen molar-refractivity contribution in [2.75, 3.05) is 32.7 Å². The molecule has 6 nitrogen and oxygen atoms in total. The van der Waals surface area contributed by atoms with E-state index in [1.54, 1.807) is 0 Å². The third-order valence-corrected chi connectivity index (χ3v) is 7.12. The topological polar surface area (TPSA) is 84.8 Å². The van der Waals surface area contributed by atoms with E-state index in [1.165, 1.54) is 0 Å². The number of Topliss-reactive ketones (excluding diaryl/α,β-unsaturated/α-hetero) is 1. The summed E-state index contributed by atoms with van der Waals surface area (Å²) in [7, 11) is 0. The van der Waals surface area contributed by atoms with Gasteiger partial charge in [0, 0.05) is 44.6 Å². The van der Waals surface area contributed by atoms with Gasteiger partial charge >= 0.3 is 0 Å². The van der Waals surface area contributed by atoms with Gasteiger partial charge in [-0.3, -0.25) is 9.69 Å². The lowest BCUT2D eigenvalue weighted by Gasteiger charge is -2.35. The van der Waals surface area contributed by atoms with Crippen LogP contribution in [0.15, 0.2) is 54.6 Å². The molecule has 0 amide bonds. The summed E-state index contributed by atoms with van der Waals surface area (Å²) in [6, 6.07) is 18.2. The Balaban J connectivity index is 1.39. The summed E-state index contributed by atoms with van der Waals surface area (Å²) < 4.78 is 0. The molecule has 1 saturated heterocycles. The van der Waals surface area contributed by atoms with Gasteiger partial charge in [-0.05, 0) is 36.5 Å². The number of carbonyl (C=O) groups is 1. The molecule has 33 heavy (non-hydrogen) atoms. The molecular weight excluding hydrogens is 414 g/mol. The summed E-state index contributed by atoms with van der Waals surface area (Å²) in [5, 5.41) is 28.1. The summed E-state index contributed by atoms with van der Waals surface area (Å²) >= 11 is 0. The number of ketones is 1. The van der Waals surface area contributed by atoms with E-state index in [0.29, 0.717) is 31.8 Å². The maximum Gasteiger partial charge on any atom is 0.150 e. The van der Waals surface area contributed by atoms with E-state index < -0.39 is 12.2 Å². The Bertz CT molecular complexity index is 906. The van der Waals surface area contributed by atoms with Gasteiger partial charge in [-0.1, -0.05) is 54.6 Å². The van der Waals surface area contributed by atoms with Crippen molar-refractivity contribution in [3.8, 4) is 0 Å². The van der Waals surface area contributed by atoms with Crippen molar-refractivity contribution in [2.24, 2.45) is 5.92 Å². The Hall–Kier alpha value is -2.09. The van der Waals surface area contributed by atoms with Crippen molar-refractivity contribution < 1.29 is 15.0 Å². The SMILES string of the molecule is C[C@@H]1CNCCN1C[C@@H](O)CC(Cc1ccccc1)C(=O)CN[C@H]1c2ccccc2C[C@H]1O. The second kappa shape index (κ2) is 11.4. The van der Waals surface area contributed by atoms with E-state index in [4.69, 9.17) is 0 Å². The number of rotatable bonds is 10. The zero-order valence-corrected chi connectivity index (χ0v) is 19.5. The van der Waals surface area contributed by atoms with Crippen LogP contribution in [0.2, 0.25) is 0 Å². The van der Waals surface area contributed by atoms with Crippen LogP contribution in [0.5, 0.6) is 0 Å². The van der Waals surface area contributed by atoms with E-state index >= 15 is 0 Å². The molecular formula is C27H37N3O3. The Labute approximate surface area is 197 Å². The number of nitrogens with zero attached hydrogens (tertiary/aromatic N) is 1. The third kappa shape index (κ3) is 6.28. The lowest BCUT2D eigenvalue weighted by Crippen LogP contribution is -2.52.